The minimum atomic E-state index is -0.396. The lowest BCUT2D eigenvalue weighted by atomic mass is 9.99. The van der Waals surface area contributed by atoms with Gasteiger partial charge in [-0.25, -0.2) is 14.2 Å². The van der Waals surface area contributed by atoms with Gasteiger partial charge in [-0.3, -0.25) is 18.8 Å². The van der Waals surface area contributed by atoms with Crippen LogP contribution in [0.4, 0.5) is 4.39 Å². The molecule has 4 rings (SSSR count). The summed E-state index contributed by atoms with van der Waals surface area (Å²) in [5.41, 5.74) is 0.901. The third-order valence-corrected chi connectivity index (χ3v) is 5.92. The van der Waals surface area contributed by atoms with Crippen molar-refractivity contribution in [1.29, 1.82) is 0 Å². The molecule has 0 N–H and O–H groups in total. The molecule has 0 atom stereocenters. The fourth-order valence-electron chi connectivity index (χ4n) is 3.98. The molecule has 0 amide bonds. The maximum atomic E-state index is 13.3. The molecule has 8 heteroatoms. The van der Waals surface area contributed by atoms with Gasteiger partial charge in [0.1, 0.15) is 11.6 Å². The summed E-state index contributed by atoms with van der Waals surface area (Å²) >= 11 is 0. The van der Waals surface area contributed by atoms with Crippen molar-refractivity contribution in [2.24, 2.45) is 20.0 Å². The van der Waals surface area contributed by atoms with Crippen LogP contribution in [0.5, 0.6) is 0 Å². The van der Waals surface area contributed by atoms with Crippen molar-refractivity contribution in [2.45, 2.75) is 32.9 Å². The number of imidazole rings is 1. The van der Waals surface area contributed by atoms with E-state index in [4.69, 9.17) is 4.98 Å². The zero-order chi connectivity index (χ0) is 20.7. The average Bonchev–Trinajstić information content (AvgIpc) is 3.06. The monoisotopic (exact) mass is 399 g/mol. The molecule has 0 unspecified atom stereocenters. The Morgan fingerprint density at radius 3 is 2.34 bits per heavy atom. The number of hydrogen-bond donors (Lipinski definition) is 0. The third kappa shape index (κ3) is 3.64. The van der Waals surface area contributed by atoms with Crippen molar-refractivity contribution in [2.75, 3.05) is 13.1 Å². The maximum absolute atomic E-state index is 13.3. The smallest absolute Gasteiger partial charge is 0.317 e. The van der Waals surface area contributed by atoms with Gasteiger partial charge in [0.15, 0.2) is 11.2 Å². The molecular weight excluding hydrogens is 373 g/mol. The van der Waals surface area contributed by atoms with Crippen molar-refractivity contribution in [1.82, 2.24) is 23.6 Å². The van der Waals surface area contributed by atoms with Crippen molar-refractivity contribution in [3.8, 4) is 0 Å². The molecule has 3 heterocycles. The second-order valence-corrected chi connectivity index (χ2v) is 8.08. The van der Waals surface area contributed by atoms with Gasteiger partial charge >= 0.3 is 5.69 Å². The van der Waals surface area contributed by atoms with Gasteiger partial charge in [0, 0.05) is 20.6 Å². The summed E-state index contributed by atoms with van der Waals surface area (Å²) in [6.07, 6.45) is 2.27. The summed E-state index contributed by atoms with van der Waals surface area (Å²) in [6.45, 7) is 5.24. The van der Waals surface area contributed by atoms with Gasteiger partial charge in [0.25, 0.3) is 5.56 Å². The van der Waals surface area contributed by atoms with Crippen LogP contribution in [0.15, 0.2) is 33.9 Å². The number of likely N-dealkylation sites (tertiary alicyclic amines) is 1. The molecule has 7 nitrogen and oxygen atoms in total. The number of aromatic nitrogens is 4. The highest BCUT2D eigenvalue weighted by atomic mass is 19.1. The van der Waals surface area contributed by atoms with Gasteiger partial charge in [-0.2, -0.15) is 0 Å². The molecular formula is C21H26FN5O2. The molecule has 0 spiro atoms. The number of benzene rings is 1. The van der Waals surface area contributed by atoms with E-state index in [0.717, 1.165) is 47.8 Å². The molecule has 1 aliphatic heterocycles. The molecule has 0 saturated carbocycles. The number of halogens is 1. The Morgan fingerprint density at radius 1 is 1.03 bits per heavy atom. The van der Waals surface area contributed by atoms with E-state index in [0.29, 0.717) is 24.3 Å². The Balaban J connectivity index is 1.83. The Morgan fingerprint density at radius 2 is 1.69 bits per heavy atom. The number of rotatable bonds is 4. The molecule has 0 aliphatic carbocycles. The van der Waals surface area contributed by atoms with Gasteiger partial charge in [-0.15, -0.1) is 0 Å². The Labute approximate surface area is 168 Å². The first kappa shape index (κ1) is 19.6. The standard InChI is InChI=1S/C21H26FN5O2/c1-14-8-10-26(11-9-14)13-17-23-19-18(20(28)25(3)21(29)24(19)2)27(17)12-15-4-6-16(22)7-5-15/h4-7,14H,8-13H2,1-3H3. The summed E-state index contributed by atoms with van der Waals surface area (Å²) in [5.74, 6) is 1.17. The minimum Gasteiger partial charge on any atom is -0.317 e. The van der Waals surface area contributed by atoms with Crippen molar-refractivity contribution >= 4 is 11.2 Å². The Bertz CT molecular complexity index is 1150. The number of aryl methyl sites for hydroxylation is 1. The van der Waals surface area contributed by atoms with Gasteiger partial charge in [-0.1, -0.05) is 19.1 Å². The normalized spacial score (nSPS) is 16.0. The molecule has 0 radical (unpaired) electrons. The van der Waals surface area contributed by atoms with E-state index in [9.17, 15) is 14.0 Å². The average molecular weight is 399 g/mol. The van der Waals surface area contributed by atoms with E-state index in [1.807, 2.05) is 4.57 Å². The molecule has 1 aliphatic rings. The number of nitrogens with zero attached hydrogens (tertiary/aromatic N) is 5. The van der Waals surface area contributed by atoms with E-state index >= 15 is 0 Å². The number of piperidine rings is 1. The van der Waals surface area contributed by atoms with Crippen LogP contribution in [0.1, 0.15) is 31.2 Å². The molecule has 1 saturated heterocycles. The Kier molecular flexibility index (Phi) is 5.12. The number of fused-ring (bicyclic) bond motifs is 1. The molecule has 1 aromatic carbocycles. The summed E-state index contributed by atoms with van der Waals surface area (Å²) in [7, 11) is 3.11. The predicted octanol–water partition coefficient (Wildman–Crippen LogP) is 1.85. The first-order valence-electron chi connectivity index (χ1n) is 9.97. The highest BCUT2D eigenvalue weighted by Crippen LogP contribution is 2.20. The lowest BCUT2D eigenvalue weighted by Gasteiger charge is -2.29. The van der Waals surface area contributed by atoms with Crippen LogP contribution in [0.3, 0.4) is 0 Å². The second-order valence-electron chi connectivity index (χ2n) is 8.08. The first-order chi connectivity index (χ1) is 13.8. The van der Waals surface area contributed by atoms with E-state index in [-0.39, 0.29) is 11.4 Å². The highest BCUT2D eigenvalue weighted by molar-refractivity contribution is 5.71. The quantitative estimate of drug-likeness (QED) is 0.672. The van der Waals surface area contributed by atoms with E-state index in [2.05, 4.69) is 11.8 Å². The lowest BCUT2D eigenvalue weighted by Crippen LogP contribution is -2.37. The molecule has 29 heavy (non-hydrogen) atoms. The van der Waals surface area contributed by atoms with E-state index in [1.54, 1.807) is 19.2 Å². The molecule has 3 aromatic rings. The fourth-order valence-corrected chi connectivity index (χ4v) is 3.98. The summed E-state index contributed by atoms with van der Waals surface area (Å²) in [5, 5.41) is 0. The third-order valence-electron chi connectivity index (χ3n) is 5.92. The zero-order valence-electron chi connectivity index (χ0n) is 17.1. The van der Waals surface area contributed by atoms with E-state index in [1.165, 1.54) is 23.7 Å². The van der Waals surface area contributed by atoms with Gasteiger partial charge in [-0.05, 0) is 49.5 Å². The molecule has 2 aromatic heterocycles. The summed E-state index contributed by atoms with van der Waals surface area (Å²) in [4.78, 5) is 32.3. The van der Waals surface area contributed by atoms with Gasteiger partial charge < -0.3 is 4.57 Å². The Hall–Kier alpha value is -2.74. The summed E-state index contributed by atoms with van der Waals surface area (Å²) < 4.78 is 17.7. The topological polar surface area (TPSA) is 65.1 Å². The SMILES string of the molecule is CC1CCN(Cc2nc3c(c(=O)n(C)c(=O)n3C)n2Cc2ccc(F)cc2)CC1. The summed E-state index contributed by atoms with van der Waals surface area (Å²) in [6, 6.07) is 6.24. The zero-order valence-corrected chi connectivity index (χ0v) is 17.1. The van der Waals surface area contributed by atoms with Crippen LogP contribution in [0.2, 0.25) is 0 Å². The fraction of sp³-hybridized carbons (Fsp3) is 0.476. The van der Waals surface area contributed by atoms with Crippen molar-refractivity contribution in [3.05, 3.63) is 62.3 Å². The van der Waals surface area contributed by atoms with E-state index < -0.39 is 5.69 Å². The lowest BCUT2D eigenvalue weighted by molar-refractivity contribution is 0.180. The number of hydrogen-bond acceptors (Lipinski definition) is 4. The van der Waals surface area contributed by atoms with Crippen LogP contribution in [-0.2, 0) is 27.2 Å². The van der Waals surface area contributed by atoms with Crippen LogP contribution in [-0.4, -0.2) is 36.7 Å². The van der Waals surface area contributed by atoms with Crippen LogP contribution in [0.25, 0.3) is 11.2 Å². The van der Waals surface area contributed by atoms with Crippen molar-refractivity contribution in [3.63, 3.8) is 0 Å². The highest BCUT2D eigenvalue weighted by Gasteiger charge is 2.22. The largest absolute Gasteiger partial charge is 0.332 e. The second kappa shape index (κ2) is 7.59. The molecule has 154 valence electrons. The van der Waals surface area contributed by atoms with Crippen LogP contribution < -0.4 is 11.2 Å². The van der Waals surface area contributed by atoms with Gasteiger partial charge in [0.05, 0.1) is 6.54 Å². The minimum absolute atomic E-state index is 0.301. The van der Waals surface area contributed by atoms with Crippen LogP contribution in [0, 0.1) is 11.7 Å². The molecule has 1 fully saturated rings. The van der Waals surface area contributed by atoms with Crippen molar-refractivity contribution < 1.29 is 4.39 Å². The first-order valence-corrected chi connectivity index (χ1v) is 9.97. The molecule has 0 bridgehead atoms. The van der Waals surface area contributed by atoms with Gasteiger partial charge in [0.2, 0.25) is 0 Å². The maximum Gasteiger partial charge on any atom is 0.332 e. The van der Waals surface area contributed by atoms with Crippen LogP contribution >= 0.6 is 0 Å². The predicted molar refractivity (Wildman–Crippen MR) is 109 cm³/mol.